The first-order valence-corrected chi connectivity index (χ1v) is 12.9. The summed E-state index contributed by atoms with van der Waals surface area (Å²) >= 11 is 6.36. The molecule has 0 aliphatic carbocycles. The molecule has 0 bridgehead atoms. The van der Waals surface area contributed by atoms with Gasteiger partial charge in [0, 0.05) is 53.5 Å². The van der Waals surface area contributed by atoms with Gasteiger partial charge in [-0.25, -0.2) is 0 Å². The number of likely N-dealkylation sites (tertiary alicyclic amines) is 1. The molecule has 1 fully saturated rings. The Balaban J connectivity index is 1.85. The van der Waals surface area contributed by atoms with Crippen LogP contribution < -0.4 is 5.32 Å². The molecule has 0 aromatic heterocycles. The third kappa shape index (κ3) is 6.61. The number of nitrogens with zero attached hydrogens (tertiary/aromatic N) is 2. The normalized spacial score (nSPS) is 20.3. The summed E-state index contributed by atoms with van der Waals surface area (Å²) in [6.07, 6.45) is 18.5. The summed E-state index contributed by atoms with van der Waals surface area (Å²) in [5, 5.41) is 4.29. The lowest BCUT2D eigenvalue weighted by molar-refractivity contribution is 0.278. The topological polar surface area (TPSA) is 18.5 Å². The van der Waals surface area contributed by atoms with Crippen LogP contribution >= 0.6 is 11.6 Å². The summed E-state index contributed by atoms with van der Waals surface area (Å²) in [6.45, 7) is 24.5. The summed E-state index contributed by atoms with van der Waals surface area (Å²) in [6, 6.07) is 0. The van der Waals surface area contributed by atoms with Crippen LogP contribution in [0.1, 0.15) is 47.0 Å². The van der Waals surface area contributed by atoms with Crippen LogP contribution in [-0.4, -0.2) is 36.0 Å². The predicted molar refractivity (Wildman–Crippen MR) is 153 cm³/mol. The maximum atomic E-state index is 6.36. The largest absolute Gasteiger partial charge is 0.383 e. The van der Waals surface area contributed by atoms with Gasteiger partial charge in [-0.3, -0.25) is 0 Å². The molecular formula is C31H40ClN3. The van der Waals surface area contributed by atoms with E-state index in [2.05, 4.69) is 80.1 Å². The summed E-state index contributed by atoms with van der Waals surface area (Å²) in [7, 11) is 0. The number of hydrogen-bond donors (Lipinski definition) is 1. The maximum Gasteiger partial charge on any atom is 0.0547 e. The molecule has 3 aliphatic heterocycles. The lowest BCUT2D eigenvalue weighted by Gasteiger charge is -2.35. The van der Waals surface area contributed by atoms with Gasteiger partial charge in [-0.1, -0.05) is 49.1 Å². The molecular weight excluding hydrogens is 450 g/mol. The Morgan fingerprint density at radius 1 is 1.14 bits per heavy atom. The molecule has 3 aliphatic rings. The number of halogens is 1. The van der Waals surface area contributed by atoms with E-state index in [1.807, 2.05) is 25.2 Å². The molecule has 0 saturated carbocycles. The number of allylic oxidation sites excluding steroid dienone is 12. The maximum absolute atomic E-state index is 6.36. The first kappa shape index (κ1) is 26.7. The Labute approximate surface area is 217 Å². The van der Waals surface area contributed by atoms with Crippen molar-refractivity contribution >= 4 is 11.6 Å². The van der Waals surface area contributed by atoms with Crippen molar-refractivity contribution in [1.82, 2.24) is 15.1 Å². The van der Waals surface area contributed by atoms with Crippen LogP contribution in [0.2, 0.25) is 0 Å². The first-order chi connectivity index (χ1) is 16.7. The highest BCUT2D eigenvalue weighted by Gasteiger charge is 2.23. The second-order valence-electron chi connectivity index (χ2n) is 9.51. The van der Waals surface area contributed by atoms with Crippen molar-refractivity contribution in [2.45, 2.75) is 47.0 Å². The zero-order valence-electron chi connectivity index (χ0n) is 21.9. The summed E-state index contributed by atoms with van der Waals surface area (Å²) in [5.74, 6) is 0. The quantitative estimate of drug-likeness (QED) is 0.353. The minimum atomic E-state index is 0.645. The van der Waals surface area contributed by atoms with E-state index in [0.29, 0.717) is 11.6 Å². The van der Waals surface area contributed by atoms with Gasteiger partial charge in [0.2, 0.25) is 0 Å². The van der Waals surface area contributed by atoms with Crippen molar-refractivity contribution in [3.63, 3.8) is 0 Å². The fourth-order valence-corrected chi connectivity index (χ4v) is 5.10. The van der Waals surface area contributed by atoms with E-state index in [1.165, 1.54) is 52.9 Å². The fraction of sp³-hybridized carbons (Fsp3) is 0.355. The average Bonchev–Trinajstić information content (AvgIpc) is 2.84. The van der Waals surface area contributed by atoms with Crippen LogP contribution in [0.3, 0.4) is 0 Å². The van der Waals surface area contributed by atoms with E-state index in [4.69, 9.17) is 11.6 Å². The van der Waals surface area contributed by atoms with Gasteiger partial charge in [0.25, 0.3) is 0 Å². The van der Waals surface area contributed by atoms with Crippen LogP contribution in [0, 0.1) is 0 Å². The smallest absolute Gasteiger partial charge is 0.0547 e. The average molecular weight is 490 g/mol. The van der Waals surface area contributed by atoms with E-state index in [-0.39, 0.29) is 0 Å². The number of hydrogen-bond acceptors (Lipinski definition) is 3. The van der Waals surface area contributed by atoms with Crippen molar-refractivity contribution in [3.8, 4) is 0 Å². The number of dihydropyridines is 1. The van der Waals surface area contributed by atoms with E-state index in [1.54, 1.807) is 0 Å². The third-order valence-electron chi connectivity index (χ3n) is 6.81. The summed E-state index contributed by atoms with van der Waals surface area (Å²) in [4.78, 5) is 4.70. The van der Waals surface area contributed by atoms with Gasteiger partial charge in [0.1, 0.15) is 0 Å². The standard InChI is InChI=1S/C31H40ClN3/c1-8-26(18-27(32)17-22(3)4)21-35-16-13-30(23(5)25(35)7)29(9-2)31-19-28(20-33-24(31)6)34-14-11-10-12-15-34/h8-9,13,16-19,33H,1,3,7,10-12,14-15,20-21H2,2,4-6H3/b26-18+,27-17+,29-9-. The molecule has 0 atom stereocenters. The Kier molecular flexibility index (Phi) is 9.28. The molecule has 3 rings (SSSR count). The number of piperidine rings is 1. The molecule has 0 radical (unpaired) electrons. The zero-order chi connectivity index (χ0) is 25.5. The molecule has 35 heavy (non-hydrogen) atoms. The molecule has 0 unspecified atom stereocenters. The van der Waals surface area contributed by atoms with Gasteiger partial charge >= 0.3 is 0 Å². The lowest BCUT2D eigenvalue weighted by atomic mass is 9.88. The van der Waals surface area contributed by atoms with E-state index >= 15 is 0 Å². The van der Waals surface area contributed by atoms with Crippen LogP contribution in [0.5, 0.6) is 0 Å². The molecule has 3 heterocycles. The second-order valence-corrected chi connectivity index (χ2v) is 9.94. The number of rotatable bonds is 8. The molecule has 4 heteroatoms. The van der Waals surface area contributed by atoms with E-state index in [9.17, 15) is 0 Å². The van der Waals surface area contributed by atoms with Crippen molar-refractivity contribution in [2.75, 3.05) is 26.2 Å². The van der Waals surface area contributed by atoms with Gasteiger partial charge in [-0.15, -0.1) is 0 Å². The Morgan fingerprint density at radius 2 is 1.86 bits per heavy atom. The van der Waals surface area contributed by atoms with Crippen molar-refractivity contribution in [1.29, 1.82) is 0 Å². The van der Waals surface area contributed by atoms with Crippen LogP contribution in [0.25, 0.3) is 0 Å². The Hall–Kier alpha value is -2.91. The molecule has 1 N–H and O–H groups in total. The zero-order valence-corrected chi connectivity index (χ0v) is 22.6. The minimum Gasteiger partial charge on any atom is -0.383 e. The fourth-order valence-electron chi connectivity index (χ4n) is 4.77. The molecule has 3 nitrogen and oxygen atoms in total. The molecule has 1 saturated heterocycles. The third-order valence-corrected chi connectivity index (χ3v) is 7.03. The second kappa shape index (κ2) is 12.2. The van der Waals surface area contributed by atoms with Crippen LogP contribution in [0.15, 0.2) is 118 Å². The Morgan fingerprint density at radius 3 is 2.49 bits per heavy atom. The highest BCUT2D eigenvalue weighted by atomic mass is 35.5. The van der Waals surface area contributed by atoms with Gasteiger partial charge in [-0.2, -0.15) is 0 Å². The molecule has 0 aromatic carbocycles. The minimum absolute atomic E-state index is 0.645. The van der Waals surface area contributed by atoms with Crippen LogP contribution in [0.4, 0.5) is 0 Å². The van der Waals surface area contributed by atoms with Gasteiger partial charge in [0.15, 0.2) is 0 Å². The van der Waals surface area contributed by atoms with E-state index < -0.39 is 0 Å². The number of nitrogens with one attached hydrogen (secondary N) is 1. The Bertz CT molecular complexity index is 1100. The molecule has 0 amide bonds. The van der Waals surface area contributed by atoms with Crippen molar-refractivity contribution in [2.24, 2.45) is 0 Å². The predicted octanol–water partition coefficient (Wildman–Crippen LogP) is 7.65. The SMILES string of the molecule is C=C/C(=C\C(Cl)=C/C(=C)C)CN1C=CC(/C(=C/C)C2=C(C)NCC(N3CCCCC3)=C2)=C(C)C1=C. The molecule has 186 valence electrons. The highest BCUT2D eigenvalue weighted by Crippen LogP contribution is 2.35. The lowest BCUT2D eigenvalue weighted by Crippen LogP contribution is -2.36. The highest BCUT2D eigenvalue weighted by molar-refractivity contribution is 6.31. The monoisotopic (exact) mass is 489 g/mol. The first-order valence-electron chi connectivity index (χ1n) is 12.5. The van der Waals surface area contributed by atoms with Crippen LogP contribution in [-0.2, 0) is 0 Å². The van der Waals surface area contributed by atoms with E-state index in [0.717, 1.165) is 36.5 Å². The van der Waals surface area contributed by atoms with Gasteiger partial charge in [0.05, 0.1) is 6.54 Å². The van der Waals surface area contributed by atoms with Crippen molar-refractivity contribution < 1.29 is 0 Å². The molecule has 0 spiro atoms. The van der Waals surface area contributed by atoms with Gasteiger partial charge < -0.3 is 15.1 Å². The summed E-state index contributed by atoms with van der Waals surface area (Å²) in [5.41, 5.74) is 10.4. The molecule has 0 aromatic rings. The van der Waals surface area contributed by atoms with Crippen molar-refractivity contribution in [3.05, 3.63) is 118 Å². The van der Waals surface area contributed by atoms with Gasteiger partial charge in [-0.05, 0) is 93.6 Å². The summed E-state index contributed by atoms with van der Waals surface area (Å²) < 4.78 is 0.